The van der Waals surface area contributed by atoms with Crippen LogP contribution in [-0.4, -0.2) is 35.4 Å². The highest BCUT2D eigenvalue weighted by Gasteiger charge is 2.46. The van der Waals surface area contributed by atoms with Crippen LogP contribution in [-0.2, 0) is 9.59 Å². The van der Waals surface area contributed by atoms with E-state index in [1.807, 2.05) is 58.0 Å². The number of rotatable bonds is 5. The van der Waals surface area contributed by atoms with Gasteiger partial charge in [-0.2, -0.15) is 0 Å². The maximum absolute atomic E-state index is 13.0. The topological polar surface area (TPSA) is 66.8 Å². The standard InChI is InChI=1S/C24H27NO4/c1-6-11-25-21(17-10-8-7-9-14(17)2)20(23(27)24(25)28)22(26)18-12-16(4)19(29-5)13-15(18)3/h7-10,12-13,21,26H,6,11H2,1-5H3/b22-20+. The predicted molar refractivity (Wildman–Crippen MR) is 113 cm³/mol. The van der Waals surface area contributed by atoms with Crippen molar-refractivity contribution >= 4 is 17.4 Å². The van der Waals surface area contributed by atoms with Crippen molar-refractivity contribution in [1.82, 2.24) is 4.90 Å². The molecule has 3 rings (SSSR count). The highest BCUT2D eigenvalue weighted by atomic mass is 16.5. The van der Waals surface area contributed by atoms with Gasteiger partial charge < -0.3 is 14.7 Å². The smallest absolute Gasteiger partial charge is 0.295 e. The van der Waals surface area contributed by atoms with Crippen molar-refractivity contribution in [2.24, 2.45) is 0 Å². The number of amides is 1. The lowest BCUT2D eigenvalue weighted by atomic mass is 9.91. The molecule has 0 radical (unpaired) electrons. The first-order chi connectivity index (χ1) is 13.8. The normalized spacial score (nSPS) is 18.4. The Morgan fingerprint density at radius 3 is 2.38 bits per heavy atom. The molecule has 152 valence electrons. The maximum atomic E-state index is 13.0. The molecule has 1 aliphatic heterocycles. The highest BCUT2D eigenvalue weighted by Crippen LogP contribution is 2.41. The number of likely N-dealkylation sites (tertiary alicyclic amines) is 1. The van der Waals surface area contributed by atoms with Gasteiger partial charge >= 0.3 is 0 Å². The summed E-state index contributed by atoms with van der Waals surface area (Å²) in [7, 11) is 1.59. The van der Waals surface area contributed by atoms with Crippen LogP contribution in [0.4, 0.5) is 0 Å². The summed E-state index contributed by atoms with van der Waals surface area (Å²) in [6, 6.07) is 10.7. The molecule has 1 amide bonds. The van der Waals surface area contributed by atoms with Crippen LogP contribution in [0.3, 0.4) is 0 Å². The van der Waals surface area contributed by atoms with E-state index < -0.39 is 17.7 Å². The van der Waals surface area contributed by atoms with Gasteiger partial charge in [0.25, 0.3) is 11.7 Å². The molecule has 5 nitrogen and oxygen atoms in total. The molecule has 1 unspecified atom stereocenters. The molecule has 2 aromatic carbocycles. The van der Waals surface area contributed by atoms with E-state index in [0.717, 1.165) is 28.7 Å². The van der Waals surface area contributed by atoms with E-state index in [1.165, 1.54) is 0 Å². The summed E-state index contributed by atoms with van der Waals surface area (Å²) < 4.78 is 5.35. The molecule has 1 atom stereocenters. The molecule has 0 spiro atoms. The summed E-state index contributed by atoms with van der Waals surface area (Å²) in [6.45, 7) is 8.09. The highest BCUT2D eigenvalue weighted by molar-refractivity contribution is 6.46. The molecule has 1 saturated heterocycles. The average molecular weight is 393 g/mol. The van der Waals surface area contributed by atoms with Crippen molar-refractivity contribution < 1.29 is 19.4 Å². The summed E-state index contributed by atoms with van der Waals surface area (Å²) in [4.78, 5) is 27.4. The Kier molecular flexibility index (Phi) is 5.78. The second-order valence-corrected chi connectivity index (χ2v) is 7.49. The Labute approximate surface area is 171 Å². The van der Waals surface area contributed by atoms with E-state index >= 15 is 0 Å². The lowest BCUT2D eigenvalue weighted by Gasteiger charge is -2.26. The summed E-state index contributed by atoms with van der Waals surface area (Å²) in [5.41, 5.74) is 4.12. The lowest BCUT2D eigenvalue weighted by molar-refractivity contribution is -0.139. The van der Waals surface area contributed by atoms with Crippen molar-refractivity contribution in [2.75, 3.05) is 13.7 Å². The number of benzene rings is 2. The Hall–Kier alpha value is -3.08. The lowest BCUT2D eigenvalue weighted by Crippen LogP contribution is -2.30. The minimum absolute atomic E-state index is 0.140. The van der Waals surface area contributed by atoms with Gasteiger partial charge in [-0.15, -0.1) is 0 Å². The van der Waals surface area contributed by atoms with Crippen LogP contribution < -0.4 is 4.74 Å². The first kappa shape index (κ1) is 20.6. The number of Topliss-reactive ketones (excluding diaryl/α,β-unsaturated/α-hetero) is 1. The Bertz CT molecular complexity index is 1010. The number of aliphatic hydroxyl groups excluding tert-OH is 1. The van der Waals surface area contributed by atoms with Gasteiger partial charge in [-0.05, 0) is 61.6 Å². The van der Waals surface area contributed by atoms with Crippen LogP contribution in [0.1, 0.15) is 47.2 Å². The van der Waals surface area contributed by atoms with Crippen LogP contribution in [0, 0.1) is 20.8 Å². The van der Waals surface area contributed by atoms with Gasteiger partial charge in [0, 0.05) is 12.1 Å². The number of aryl methyl sites for hydroxylation is 3. The maximum Gasteiger partial charge on any atom is 0.295 e. The third-order valence-electron chi connectivity index (χ3n) is 5.48. The molecule has 2 aromatic rings. The van der Waals surface area contributed by atoms with Crippen LogP contribution in [0.15, 0.2) is 42.0 Å². The first-order valence-corrected chi connectivity index (χ1v) is 9.81. The molecule has 0 aromatic heterocycles. The number of ketones is 1. The fraction of sp³-hybridized carbons (Fsp3) is 0.333. The minimum atomic E-state index is -0.642. The van der Waals surface area contributed by atoms with E-state index in [0.29, 0.717) is 17.9 Å². The molecule has 1 heterocycles. The minimum Gasteiger partial charge on any atom is -0.507 e. The largest absolute Gasteiger partial charge is 0.507 e. The molecular weight excluding hydrogens is 366 g/mol. The average Bonchev–Trinajstić information content (AvgIpc) is 2.94. The number of carbonyl (C=O) groups excluding carboxylic acids is 2. The van der Waals surface area contributed by atoms with Crippen LogP contribution >= 0.6 is 0 Å². The number of methoxy groups -OCH3 is 1. The summed E-state index contributed by atoms with van der Waals surface area (Å²) in [5.74, 6) is -0.638. The fourth-order valence-corrected chi connectivity index (χ4v) is 3.98. The first-order valence-electron chi connectivity index (χ1n) is 9.81. The molecule has 0 bridgehead atoms. The number of carbonyl (C=O) groups is 2. The van der Waals surface area contributed by atoms with Gasteiger partial charge in [-0.25, -0.2) is 0 Å². The second-order valence-electron chi connectivity index (χ2n) is 7.49. The van der Waals surface area contributed by atoms with E-state index in [2.05, 4.69) is 0 Å². The number of hydrogen-bond donors (Lipinski definition) is 1. The van der Waals surface area contributed by atoms with Gasteiger partial charge in [-0.3, -0.25) is 9.59 Å². The molecular formula is C24H27NO4. The zero-order valence-corrected chi connectivity index (χ0v) is 17.6. The quantitative estimate of drug-likeness (QED) is 0.463. The number of nitrogens with zero attached hydrogens (tertiary/aromatic N) is 1. The Morgan fingerprint density at radius 1 is 1.07 bits per heavy atom. The molecule has 0 saturated carbocycles. The summed E-state index contributed by atoms with van der Waals surface area (Å²) in [5, 5.41) is 11.2. The number of aliphatic hydroxyl groups is 1. The zero-order valence-electron chi connectivity index (χ0n) is 17.6. The Balaban J connectivity index is 2.26. The third kappa shape index (κ3) is 3.53. The van der Waals surface area contributed by atoms with Gasteiger partial charge in [0.15, 0.2) is 0 Å². The number of hydrogen-bond acceptors (Lipinski definition) is 4. The molecule has 1 N–H and O–H groups in total. The van der Waals surface area contributed by atoms with Crippen LogP contribution in [0.2, 0.25) is 0 Å². The fourth-order valence-electron chi connectivity index (χ4n) is 3.98. The van der Waals surface area contributed by atoms with Crippen molar-refractivity contribution in [3.05, 3.63) is 69.8 Å². The predicted octanol–water partition coefficient (Wildman–Crippen LogP) is 4.45. The number of ether oxygens (including phenoxy) is 1. The van der Waals surface area contributed by atoms with E-state index in [9.17, 15) is 14.7 Å². The SMILES string of the molecule is CCCN1C(=O)C(=O)/C(=C(/O)c2cc(C)c(OC)cc2C)C1c1ccccc1C. The van der Waals surface area contributed by atoms with Crippen LogP contribution in [0.25, 0.3) is 5.76 Å². The second kappa shape index (κ2) is 8.11. The monoisotopic (exact) mass is 393 g/mol. The van der Waals surface area contributed by atoms with Gasteiger partial charge in [0.1, 0.15) is 11.5 Å². The molecule has 1 fully saturated rings. The summed E-state index contributed by atoms with van der Waals surface area (Å²) >= 11 is 0. The van der Waals surface area contributed by atoms with Crippen molar-refractivity contribution in [3.63, 3.8) is 0 Å². The van der Waals surface area contributed by atoms with Crippen molar-refractivity contribution in [2.45, 2.75) is 40.2 Å². The molecule has 5 heteroatoms. The Morgan fingerprint density at radius 2 is 1.76 bits per heavy atom. The van der Waals surface area contributed by atoms with Crippen molar-refractivity contribution in [3.8, 4) is 5.75 Å². The van der Waals surface area contributed by atoms with Gasteiger partial charge in [0.05, 0.1) is 18.7 Å². The third-order valence-corrected chi connectivity index (χ3v) is 5.48. The van der Waals surface area contributed by atoms with Crippen LogP contribution in [0.5, 0.6) is 5.75 Å². The molecule has 29 heavy (non-hydrogen) atoms. The van der Waals surface area contributed by atoms with E-state index in [-0.39, 0.29) is 11.3 Å². The van der Waals surface area contributed by atoms with Gasteiger partial charge in [0.2, 0.25) is 0 Å². The van der Waals surface area contributed by atoms with Crippen molar-refractivity contribution in [1.29, 1.82) is 0 Å². The van der Waals surface area contributed by atoms with E-state index in [4.69, 9.17) is 4.74 Å². The zero-order chi connectivity index (χ0) is 21.3. The van der Waals surface area contributed by atoms with E-state index in [1.54, 1.807) is 18.1 Å². The molecule has 0 aliphatic carbocycles. The summed E-state index contributed by atoms with van der Waals surface area (Å²) in [6.07, 6.45) is 0.718. The van der Waals surface area contributed by atoms with Gasteiger partial charge in [-0.1, -0.05) is 31.2 Å². The molecule has 1 aliphatic rings.